The van der Waals surface area contributed by atoms with Gasteiger partial charge < -0.3 is 0 Å². The number of hydrogen-bond donors (Lipinski definition) is 0. The van der Waals surface area contributed by atoms with Crippen LogP contribution in [0.4, 0.5) is 0 Å². The van der Waals surface area contributed by atoms with E-state index < -0.39 is 0 Å². The minimum atomic E-state index is 1.01. The maximum absolute atomic E-state index is 3.66. The summed E-state index contributed by atoms with van der Waals surface area (Å²) in [6.45, 7) is 7.21. The van der Waals surface area contributed by atoms with Crippen LogP contribution in [-0.4, -0.2) is 0 Å². The molecule has 0 N–H and O–H groups in total. The molecule has 1 radical (unpaired) electrons. The van der Waals surface area contributed by atoms with E-state index in [2.05, 4.69) is 19.2 Å². The van der Waals surface area contributed by atoms with Crippen LogP contribution in [0.1, 0.15) is 11.1 Å². The predicted molar refractivity (Wildman–Crippen MR) is 44.5 cm³/mol. The predicted octanol–water partition coefficient (Wildman–Crippen LogP) is 2.67. The molecule has 0 heteroatoms. The molecule has 0 bridgehead atoms. The zero-order chi connectivity index (χ0) is 7.40. The molecule has 1 rings (SSSR count). The molecular formula is C10H9. The van der Waals surface area contributed by atoms with Crippen molar-refractivity contribution >= 4 is 6.08 Å². The standard InChI is InChI=1S/C10H9/c1-3-9-6-5-7-10(4-2)8-9/h3,5-8H,1-2H2. The molecule has 10 heavy (non-hydrogen) atoms. The molecule has 0 saturated carbocycles. The van der Waals surface area contributed by atoms with Crippen molar-refractivity contribution < 1.29 is 0 Å². The first kappa shape index (κ1) is 6.81. The first-order valence-electron chi connectivity index (χ1n) is 3.12. The van der Waals surface area contributed by atoms with Gasteiger partial charge in [-0.2, -0.15) is 0 Å². The molecule has 0 aliphatic rings. The summed E-state index contributed by atoms with van der Waals surface area (Å²) in [4.78, 5) is 0. The average molecular weight is 129 g/mol. The van der Waals surface area contributed by atoms with Crippen LogP contribution < -0.4 is 0 Å². The molecule has 0 aromatic heterocycles. The Hall–Kier alpha value is -1.30. The van der Waals surface area contributed by atoms with Crippen molar-refractivity contribution in [3.8, 4) is 0 Å². The van der Waals surface area contributed by atoms with Gasteiger partial charge in [0.25, 0.3) is 0 Å². The van der Waals surface area contributed by atoms with Crippen LogP contribution in [0.5, 0.6) is 0 Å². The van der Waals surface area contributed by atoms with E-state index in [1.165, 1.54) is 0 Å². The molecule has 0 unspecified atom stereocenters. The quantitative estimate of drug-likeness (QED) is 0.576. The lowest BCUT2D eigenvalue weighted by molar-refractivity contribution is 1.56. The fourth-order valence-electron chi connectivity index (χ4n) is 0.776. The second-order valence-electron chi connectivity index (χ2n) is 2.01. The zero-order valence-electron chi connectivity index (χ0n) is 5.80. The molecule has 0 aliphatic carbocycles. The topological polar surface area (TPSA) is 0 Å². The van der Waals surface area contributed by atoms with Gasteiger partial charge in [0.15, 0.2) is 0 Å². The van der Waals surface area contributed by atoms with Crippen LogP contribution in [0.25, 0.3) is 6.08 Å². The van der Waals surface area contributed by atoms with E-state index in [4.69, 9.17) is 0 Å². The van der Waals surface area contributed by atoms with Crippen LogP contribution in [0.15, 0.2) is 37.4 Å². The van der Waals surface area contributed by atoms with Crippen molar-refractivity contribution in [3.63, 3.8) is 0 Å². The number of hydrogen-bond acceptors (Lipinski definition) is 0. The molecule has 0 atom stereocenters. The van der Waals surface area contributed by atoms with E-state index in [0.29, 0.717) is 0 Å². The van der Waals surface area contributed by atoms with Crippen LogP contribution >= 0.6 is 0 Å². The minimum absolute atomic E-state index is 1.01. The molecule has 0 aliphatic heterocycles. The molecule has 0 fully saturated rings. The first-order valence-corrected chi connectivity index (χ1v) is 3.12. The lowest BCUT2D eigenvalue weighted by atomic mass is 10.1. The van der Waals surface area contributed by atoms with Crippen LogP contribution in [0.2, 0.25) is 0 Å². The second-order valence-corrected chi connectivity index (χ2v) is 2.01. The van der Waals surface area contributed by atoms with Gasteiger partial charge in [-0.05, 0) is 23.3 Å². The highest BCUT2D eigenvalue weighted by molar-refractivity contribution is 5.48. The zero-order valence-corrected chi connectivity index (χ0v) is 5.80. The van der Waals surface area contributed by atoms with Gasteiger partial charge >= 0.3 is 0 Å². The summed E-state index contributed by atoms with van der Waals surface area (Å²) in [7, 11) is 0. The third-order valence-corrected chi connectivity index (χ3v) is 1.33. The van der Waals surface area contributed by atoms with Crippen molar-refractivity contribution in [3.05, 3.63) is 54.6 Å². The smallest absolute Gasteiger partial charge is 0.0178 e. The minimum Gasteiger partial charge on any atom is -0.0985 e. The maximum atomic E-state index is 3.66. The average Bonchev–Trinajstić information content (AvgIpc) is 2.05. The van der Waals surface area contributed by atoms with Crippen LogP contribution in [0.3, 0.4) is 0 Å². The van der Waals surface area contributed by atoms with Crippen molar-refractivity contribution in [2.24, 2.45) is 0 Å². The Bertz CT molecular complexity index is 223. The highest BCUT2D eigenvalue weighted by Gasteiger charge is 1.85. The van der Waals surface area contributed by atoms with Crippen molar-refractivity contribution in [1.29, 1.82) is 0 Å². The highest BCUT2D eigenvalue weighted by atomic mass is 13.9. The van der Waals surface area contributed by atoms with Gasteiger partial charge in [0.1, 0.15) is 0 Å². The summed E-state index contributed by atoms with van der Waals surface area (Å²) in [6, 6.07) is 7.90. The Kier molecular flexibility index (Phi) is 2.06. The molecule has 1 aromatic carbocycles. The van der Waals surface area contributed by atoms with Crippen molar-refractivity contribution in [1.82, 2.24) is 0 Å². The van der Waals surface area contributed by atoms with E-state index in [-0.39, 0.29) is 0 Å². The maximum Gasteiger partial charge on any atom is -0.0178 e. The SMILES string of the molecule is C=[C]c1cccc(C=C)c1. The summed E-state index contributed by atoms with van der Waals surface area (Å²) in [5.74, 6) is 0. The van der Waals surface area contributed by atoms with Crippen LogP contribution in [-0.2, 0) is 0 Å². The van der Waals surface area contributed by atoms with E-state index in [0.717, 1.165) is 11.1 Å². The number of benzene rings is 1. The third kappa shape index (κ3) is 1.35. The Morgan fingerprint density at radius 3 is 2.80 bits per heavy atom. The van der Waals surface area contributed by atoms with Crippen LogP contribution in [0, 0.1) is 6.08 Å². The molecule has 0 amide bonds. The summed E-state index contributed by atoms with van der Waals surface area (Å²) < 4.78 is 0. The summed E-state index contributed by atoms with van der Waals surface area (Å²) in [5.41, 5.74) is 2.12. The summed E-state index contributed by atoms with van der Waals surface area (Å²) >= 11 is 0. The van der Waals surface area contributed by atoms with Gasteiger partial charge in [-0.3, -0.25) is 0 Å². The van der Waals surface area contributed by atoms with Gasteiger partial charge in [-0.15, -0.1) is 0 Å². The third-order valence-electron chi connectivity index (χ3n) is 1.33. The van der Waals surface area contributed by atoms with Gasteiger partial charge in [0, 0.05) is 0 Å². The molecular weight excluding hydrogens is 120 g/mol. The van der Waals surface area contributed by atoms with Gasteiger partial charge in [0.05, 0.1) is 0 Å². The summed E-state index contributed by atoms with van der Waals surface area (Å²) in [6.07, 6.45) is 4.61. The monoisotopic (exact) mass is 129 g/mol. The van der Waals surface area contributed by atoms with Gasteiger partial charge in [0.2, 0.25) is 0 Å². The van der Waals surface area contributed by atoms with E-state index in [1.807, 2.05) is 24.3 Å². The van der Waals surface area contributed by atoms with Gasteiger partial charge in [-0.1, -0.05) is 37.4 Å². The molecule has 0 heterocycles. The van der Waals surface area contributed by atoms with E-state index in [9.17, 15) is 0 Å². The van der Waals surface area contributed by atoms with Gasteiger partial charge in [-0.25, -0.2) is 0 Å². The normalized spacial score (nSPS) is 8.80. The highest BCUT2D eigenvalue weighted by Crippen LogP contribution is 2.05. The van der Waals surface area contributed by atoms with E-state index >= 15 is 0 Å². The van der Waals surface area contributed by atoms with Crippen molar-refractivity contribution in [2.75, 3.05) is 0 Å². The molecule has 0 saturated heterocycles. The first-order chi connectivity index (χ1) is 4.86. The fraction of sp³-hybridized carbons (Fsp3) is 0. The Balaban J connectivity index is 3.09. The lowest BCUT2D eigenvalue weighted by Gasteiger charge is -1.93. The number of rotatable bonds is 2. The second kappa shape index (κ2) is 3.02. The Morgan fingerprint density at radius 2 is 2.20 bits per heavy atom. The molecule has 49 valence electrons. The Labute approximate surface area is 61.5 Å². The molecule has 0 spiro atoms. The molecule has 0 nitrogen and oxygen atoms in total. The van der Waals surface area contributed by atoms with Crippen molar-refractivity contribution in [2.45, 2.75) is 0 Å². The largest absolute Gasteiger partial charge is 0.0985 e. The fourth-order valence-corrected chi connectivity index (χ4v) is 0.776. The summed E-state index contributed by atoms with van der Waals surface area (Å²) in [5, 5.41) is 0. The lowest BCUT2D eigenvalue weighted by Crippen LogP contribution is -1.74. The molecule has 1 aromatic rings. The van der Waals surface area contributed by atoms with E-state index in [1.54, 1.807) is 6.08 Å². The Morgan fingerprint density at radius 1 is 1.40 bits per heavy atom.